The maximum atomic E-state index is 13.1. The minimum atomic E-state index is -3.67. The van der Waals surface area contributed by atoms with Crippen LogP contribution >= 0.6 is 0 Å². The number of sulfone groups is 1. The summed E-state index contributed by atoms with van der Waals surface area (Å²) >= 11 is 0. The average Bonchev–Trinajstić information content (AvgIpc) is 3.25. The Balaban J connectivity index is 1.88. The molecule has 0 fully saturated rings. The fourth-order valence-corrected chi connectivity index (χ4v) is 3.89. The van der Waals surface area contributed by atoms with Crippen LogP contribution in [0.25, 0.3) is 11.6 Å². The van der Waals surface area contributed by atoms with E-state index in [2.05, 4.69) is 20.3 Å². The molecule has 0 unspecified atom stereocenters. The Morgan fingerprint density at radius 3 is 2.29 bits per heavy atom. The summed E-state index contributed by atoms with van der Waals surface area (Å²) in [5.74, 6) is 0.228. The number of nitrogens with one attached hydrogen (secondary N) is 1. The molecule has 1 N–H and O–H groups in total. The van der Waals surface area contributed by atoms with Gasteiger partial charge in [-0.2, -0.15) is 0 Å². The molecule has 0 atom stereocenters. The van der Waals surface area contributed by atoms with Crippen LogP contribution in [0.3, 0.4) is 0 Å². The summed E-state index contributed by atoms with van der Waals surface area (Å²) in [5, 5.41) is 12.1. The van der Waals surface area contributed by atoms with Gasteiger partial charge in [0.05, 0.1) is 11.4 Å². The molecule has 0 saturated carbocycles. The number of halogens is 1. The summed E-state index contributed by atoms with van der Waals surface area (Å²) < 4.78 is 43.0. The summed E-state index contributed by atoms with van der Waals surface area (Å²) in [6.07, 6.45) is 0. The predicted octanol–water partition coefficient (Wildman–Crippen LogP) is 3.75. The van der Waals surface area contributed by atoms with Gasteiger partial charge in [0.25, 0.3) is 0 Å². The first kappa shape index (κ1) is 20.2. The second-order valence-electron chi connectivity index (χ2n) is 8.24. The number of rotatable bonds is 5. The van der Waals surface area contributed by atoms with Crippen molar-refractivity contribution < 1.29 is 17.3 Å². The summed E-state index contributed by atoms with van der Waals surface area (Å²) in [6, 6.07) is 7.14. The van der Waals surface area contributed by atoms with Gasteiger partial charge < -0.3 is 9.51 Å². The van der Waals surface area contributed by atoms with Crippen LogP contribution in [0.2, 0.25) is 0 Å². The number of aromatic amines is 1. The van der Waals surface area contributed by atoms with E-state index in [9.17, 15) is 12.8 Å². The molecule has 3 aromatic rings. The van der Waals surface area contributed by atoms with E-state index in [1.165, 1.54) is 24.3 Å². The molecule has 1 aromatic carbocycles. The number of benzene rings is 1. The minimum Gasteiger partial charge on any atom is -0.353 e. The molecule has 0 saturated heterocycles. The standard InChI is InChI=1S/C19H23FN4O3S/c1-18(2,3)15-10-14(27-24-15)16-21-17(23-22-16)19(4,5)28(25,26)11-12-6-8-13(20)9-7-12/h6-10H,11H2,1-5H3,(H,21,22,23). The molecule has 2 aromatic heterocycles. The third-order valence-corrected chi connectivity index (χ3v) is 7.08. The molecule has 0 aliphatic carbocycles. The lowest BCUT2D eigenvalue weighted by atomic mass is 9.92. The Labute approximate surface area is 163 Å². The molecule has 28 heavy (non-hydrogen) atoms. The maximum absolute atomic E-state index is 13.1. The number of nitrogens with zero attached hydrogens (tertiary/aromatic N) is 3. The fraction of sp³-hybridized carbons (Fsp3) is 0.421. The monoisotopic (exact) mass is 406 g/mol. The van der Waals surface area contributed by atoms with Crippen molar-refractivity contribution in [1.82, 2.24) is 20.3 Å². The van der Waals surface area contributed by atoms with Crippen LogP contribution in [0.15, 0.2) is 34.9 Å². The van der Waals surface area contributed by atoms with E-state index >= 15 is 0 Å². The molecule has 2 heterocycles. The van der Waals surface area contributed by atoms with Crippen LogP contribution in [0.4, 0.5) is 4.39 Å². The van der Waals surface area contributed by atoms with E-state index in [4.69, 9.17) is 4.52 Å². The maximum Gasteiger partial charge on any atom is 0.204 e. The van der Waals surface area contributed by atoms with Crippen molar-refractivity contribution in [2.45, 2.75) is 50.5 Å². The van der Waals surface area contributed by atoms with Gasteiger partial charge in [-0.15, -0.1) is 10.2 Å². The molecule has 0 amide bonds. The zero-order valence-corrected chi connectivity index (χ0v) is 17.3. The van der Waals surface area contributed by atoms with Crippen LogP contribution in [-0.4, -0.2) is 28.8 Å². The summed E-state index contributed by atoms with van der Waals surface area (Å²) in [4.78, 5) is 2.94. The zero-order chi connectivity index (χ0) is 20.7. The first-order valence-corrected chi connectivity index (χ1v) is 10.4. The van der Waals surface area contributed by atoms with Gasteiger partial charge in [0, 0.05) is 11.5 Å². The van der Waals surface area contributed by atoms with E-state index in [-0.39, 0.29) is 17.0 Å². The molecule has 0 spiro atoms. The highest BCUT2D eigenvalue weighted by Gasteiger charge is 2.39. The van der Waals surface area contributed by atoms with Gasteiger partial charge in [0.1, 0.15) is 10.6 Å². The Morgan fingerprint density at radius 2 is 1.71 bits per heavy atom. The van der Waals surface area contributed by atoms with Gasteiger partial charge in [-0.1, -0.05) is 38.1 Å². The van der Waals surface area contributed by atoms with Gasteiger partial charge in [-0.3, -0.25) is 0 Å². The van der Waals surface area contributed by atoms with Crippen molar-refractivity contribution in [3.63, 3.8) is 0 Å². The molecule has 150 valence electrons. The van der Waals surface area contributed by atoms with Crippen molar-refractivity contribution in [3.8, 4) is 11.6 Å². The SMILES string of the molecule is CC(C)(C)c1cc(-c2nnc(C(C)(C)S(=O)(=O)Cc3ccc(F)cc3)[nH]2)on1. The fourth-order valence-electron chi connectivity index (χ4n) is 2.51. The Kier molecular flexibility index (Phi) is 4.91. The van der Waals surface area contributed by atoms with Crippen LogP contribution in [-0.2, 0) is 25.8 Å². The van der Waals surface area contributed by atoms with Crippen LogP contribution in [0.1, 0.15) is 51.7 Å². The Bertz CT molecular complexity index is 1080. The first-order valence-electron chi connectivity index (χ1n) is 8.77. The van der Waals surface area contributed by atoms with E-state index in [1.54, 1.807) is 19.9 Å². The first-order chi connectivity index (χ1) is 12.9. The lowest BCUT2D eigenvalue weighted by molar-refractivity contribution is 0.400. The van der Waals surface area contributed by atoms with Gasteiger partial charge in [0.2, 0.25) is 5.76 Å². The van der Waals surface area contributed by atoms with Gasteiger partial charge in [0.15, 0.2) is 21.5 Å². The largest absolute Gasteiger partial charge is 0.353 e. The van der Waals surface area contributed by atoms with Crippen LogP contribution in [0.5, 0.6) is 0 Å². The molecule has 0 bridgehead atoms. The number of H-pyrrole nitrogens is 1. The second kappa shape index (κ2) is 6.80. The number of hydrogen-bond donors (Lipinski definition) is 1. The smallest absolute Gasteiger partial charge is 0.204 e. The van der Waals surface area contributed by atoms with E-state index < -0.39 is 20.4 Å². The quantitative estimate of drug-likeness (QED) is 0.692. The third kappa shape index (κ3) is 3.84. The number of hydrogen-bond acceptors (Lipinski definition) is 6. The van der Waals surface area contributed by atoms with Gasteiger partial charge in [-0.05, 0) is 31.5 Å². The second-order valence-corrected chi connectivity index (χ2v) is 10.8. The molecule has 0 aliphatic heterocycles. The van der Waals surface area contributed by atoms with Crippen LogP contribution in [0, 0.1) is 5.82 Å². The molecular weight excluding hydrogens is 383 g/mol. The molecule has 0 radical (unpaired) electrons. The van der Waals surface area contributed by atoms with Crippen molar-refractivity contribution >= 4 is 9.84 Å². The average molecular weight is 406 g/mol. The predicted molar refractivity (Wildman–Crippen MR) is 103 cm³/mol. The summed E-state index contributed by atoms with van der Waals surface area (Å²) in [6.45, 7) is 9.12. The van der Waals surface area contributed by atoms with Crippen molar-refractivity contribution in [2.24, 2.45) is 0 Å². The topological polar surface area (TPSA) is 102 Å². The van der Waals surface area contributed by atoms with E-state index in [1.807, 2.05) is 20.8 Å². The number of aromatic nitrogens is 4. The van der Waals surface area contributed by atoms with Crippen molar-refractivity contribution in [1.29, 1.82) is 0 Å². The molecule has 7 nitrogen and oxygen atoms in total. The lowest BCUT2D eigenvalue weighted by Crippen LogP contribution is -2.31. The van der Waals surface area contributed by atoms with Crippen LogP contribution < -0.4 is 0 Å². The van der Waals surface area contributed by atoms with Gasteiger partial charge in [-0.25, -0.2) is 12.8 Å². The molecular formula is C19H23FN4O3S. The lowest BCUT2D eigenvalue weighted by Gasteiger charge is -2.22. The van der Waals surface area contributed by atoms with Gasteiger partial charge >= 0.3 is 0 Å². The summed E-state index contributed by atoms with van der Waals surface area (Å²) in [5.41, 5.74) is 1.06. The highest BCUT2D eigenvalue weighted by Crippen LogP contribution is 2.32. The zero-order valence-electron chi connectivity index (χ0n) is 16.4. The Morgan fingerprint density at radius 1 is 1.07 bits per heavy atom. The van der Waals surface area contributed by atoms with E-state index in [0.717, 1.165) is 5.69 Å². The molecule has 0 aliphatic rings. The molecule has 3 rings (SSSR count). The summed E-state index contributed by atoms with van der Waals surface area (Å²) in [7, 11) is -3.67. The van der Waals surface area contributed by atoms with E-state index in [0.29, 0.717) is 17.1 Å². The minimum absolute atomic E-state index is 0.192. The Hall–Kier alpha value is -2.55. The van der Waals surface area contributed by atoms with Crippen molar-refractivity contribution in [3.05, 3.63) is 53.2 Å². The normalized spacial score (nSPS) is 13.1. The third-order valence-electron chi connectivity index (χ3n) is 4.62. The van der Waals surface area contributed by atoms with Crippen molar-refractivity contribution in [2.75, 3.05) is 0 Å². The highest BCUT2D eigenvalue weighted by atomic mass is 32.2. The highest BCUT2D eigenvalue weighted by molar-refractivity contribution is 7.91. The molecule has 9 heteroatoms.